The Kier molecular flexibility index (Phi) is 8.45. The third-order valence-electron chi connectivity index (χ3n) is 7.70. The molecule has 0 amide bonds. The number of ether oxygens (including phenoxy) is 1. The number of ketones is 1. The van der Waals surface area contributed by atoms with Crippen LogP contribution in [0.2, 0.25) is 0 Å². The van der Waals surface area contributed by atoms with E-state index in [4.69, 9.17) is 9.72 Å². The highest BCUT2D eigenvalue weighted by molar-refractivity contribution is 5.80. The molecule has 1 saturated carbocycles. The van der Waals surface area contributed by atoms with E-state index < -0.39 is 0 Å². The molecule has 0 radical (unpaired) electrons. The van der Waals surface area contributed by atoms with Gasteiger partial charge in [0.1, 0.15) is 29.0 Å². The maximum atomic E-state index is 13.5. The maximum absolute atomic E-state index is 13.5. The summed E-state index contributed by atoms with van der Waals surface area (Å²) >= 11 is 0. The minimum atomic E-state index is -0.329. The standard InChI is InChI=1S/C32H33F2N3O2/c1-39-30-16-17-35-27(19-30)18-23-4-2-22(3-5-23)6-15-29(38)20-32-36-31(24-7-9-25(33)10-8-24)21-37(32)28-13-11-26(34)12-14-28/h7-14,16-17,19,21-23H,2-6,15,18,20H2,1H3. The molecule has 5 nitrogen and oxygen atoms in total. The molecule has 2 aromatic carbocycles. The number of imidazole rings is 1. The summed E-state index contributed by atoms with van der Waals surface area (Å²) in [7, 11) is 1.67. The zero-order chi connectivity index (χ0) is 27.2. The Bertz CT molecular complexity index is 1390. The monoisotopic (exact) mass is 529 g/mol. The van der Waals surface area contributed by atoms with Gasteiger partial charge >= 0.3 is 0 Å². The number of benzene rings is 2. The highest BCUT2D eigenvalue weighted by Crippen LogP contribution is 2.34. The van der Waals surface area contributed by atoms with Gasteiger partial charge in [-0.05, 0) is 92.1 Å². The molecule has 7 heteroatoms. The number of aromatic nitrogens is 3. The van der Waals surface area contributed by atoms with Crippen LogP contribution < -0.4 is 4.74 Å². The molecule has 5 rings (SSSR count). The molecule has 202 valence electrons. The second-order valence-electron chi connectivity index (χ2n) is 10.4. The third kappa shape index (κ3) is 6.96. The summed E-state index contributed by atoms with van der Waals surface area (Å²) < 4.78 is 34.1. The number of Topliss-reactive ketones (excluding diaryl/α,β-unsaturated/α-hetero) is 1. The molecule has 2 heterocycles. The van der Waals surface area contributed by atoms with Gasteiger partial charge in [-0.3, -0.25) is 9.78 Å². The SMILES string of the molecule is COc1ccnc(CC2CCC(CCC(=O)Cc3nc(-c4ccc(F)cc4)cn3-c3ccc(F)cc3)CC2)c1. The number of pyridine rings is 1. The molecular weight excluding hydrogens is 496 g/mol. The molecule has 4 aromatic rings. The average molecular weight is 530 g/mol. The lowest BCUT2D eigenvalue weighted by Gasteiger charge is -2.28. The van der Waals surface area contributed by atoms with Crippen LogP contribution in [-0.4, -0.2) is 27.4 Å². The molecule has 0 bridgehead atoms. The second-order valence-corrected chi connectivity index (χ2v) is 10.4. The van der Waals surface area contributed by atoms with E-state index in [0.29, 0.717) is 29.8 Å². The first kappa shape index (κ1) is 26.7. The lowest BCUT2D eigenvalue weighted by atomic mass is 9.78. The molecule has 0 unspecified atom stereocenters. The summed E-state index contributed by atoms with van der Waals surface area (Å²) in [4.78, 5) is 22.3. The van der Waals surface area contributed by atoms with Crippen molar-refractivity contribution in [2.24, 2.45) is 11.8 Å². The first-order valence-electron chi connectivity index (χ1n) is 13.6. The molecule has 0 saturated heterocycles. The number of halogens is 2. The predicted octanol–water partition coefficient (Wildman–Crippen LogP) is 7.16. The maximum Gasteiger partial charge on any atom is 0.140 e. The van der Waals surface area contributed by atoms with Gasteiger partial charge in [0.05, 0.1) is 19.2 Å². The van der Waals surface area contributed by atoms with Crippen LogP contribution in [0.25, 0.3) is 16.9 Å². The number of nitrogens with zero attached hydrogens (tertiary/aromatic N) is 3. The van der Waals surface area contributed by atoms with Gasteiger partial charge in [0, 0.05) is 41.8 Å². The van der Waals surface area contributed by atoms with Crippen LogP contribution in [0.15, 0.2) is 73.1 Å². The summed E-state index contributed by atoms with van der Waals surface area (Å²) in [6, 6.07) is 16.1. The van der Waals surface area contributed by atoms with Gasteiger partial charge < -0.3 is 9.30 Å². The topological polar surface area (TPSA) is 57.0 Å². The molecule has 2 aromatic heterocycles. The Balaban J connectivity index is 1.18. The zero-order valence-corrected chi connectivity index (χ0v) is 22.2. The highest BCUT2D eigenvalue weighted by Gasteiger charge is 2.23. The van der Waals surface area contributed by atoms with Gasteiger partial charge in [0.15, 0.2) is 0 Å². The van der Waals surface area contributed by atoms with Crippen molar-refractivity contribution in [3.8, 4) is 22.7 Å². The Labute approximate surface area is 227 Å². The van der Waals surface area contributed by atoms with Crippen LogP contribution in [0.1, 0.15) is 50.0 Å². The van der Waals surface area contributed by atoms with Crippen LogP contribution >= 0.6 is 0 Å². The van der Waals surface area contributed by atoms with E-state index in [0.717, 1.165) is 61.2 Å². The van der Waals surface area contributed by atoms with E-state index in [1.54, 1.807) is 37.6 Å². The summed E-state index contributed by atoms with van der Waals surface area (Å²) in [6.07, 6.45) is 10.7. The Morgan fingerprint density at radius 3 is 2.31 bits per heavy atom. The summed E-state index contributed by atoms with van der Waals surface area (Å²) in [5.41, 5.74) is 3.20. The number of hydrogen-bond acceptors (Lipinski definition) is 4. The molecule has 1 aliphatic carbocycles. The summed E-state index contributed by atoms with van der Waals surface area (Å²) in [5, 5.41) is 0. The van der Waals surface area contributed by atoms with Gasteiger partial charge in [-0.15, -0.1) is 0 Å². The minimum absolute atomic E-state index is 0.136. The van der Waals surface area contributed by atoms with Crippen LogP contribution in [0.4, 0.5) is 8.78 Å². The van der Waals surface area contributed by atoms with Crippen LogP contribution in [-0.2, 0) is 17.6 Å². The van der Waals surface area contributed by atoms with Gasteiger partial charge in [-0.2, -0.15) is 0 Å². The van der Waals surface area contributed by atoms with Crippen molar-refractivity contribution in [2.45, 2.75) is 51.4 Å². The van der Waals surface area contributed by atoms with Crippen molar-refractivity contribution in [1.29, 1.82) is 0 Å². The highest BCUT2D eigenvalue weighted by atomic mass is 19.1. The quantitative estimate of drug-likeness (QED) is 0.219. The van der Waals surface area contributed by atoms with E-state index in [1.165, 1.54) is 24.3 Å². The number of carbonyl (C=O) groups is 1. The van der Waals surface area contributed by atoms with Gasteiger partial charge in [0.25, 0.3) is 0 Å². The fourth-order valence-electron chi connectivity index (χ4n) is 5.47. The molecule has 1 aliphatic rings. The fraction of sp³-hybridized carbons (Fsp3) is 0.344. The molecule has 0 spiro atoms. The molecule has 1 fully saturated rings. The molecule has 0 atom stereocenters. The molecule has 0 aliphatic heterocycles. The van der Waals surface area contributed by atoms with E-state index in [-0.39, 0.29) is 23.8 Å². The average Bonchev–Trinajstić information content (AvgIpc) is 3.37. The molecular formula is C32H33F2N3O2. The number of rotatable bonds is 10. The number of hydrogen-bond donors (Lipinski definition) is 0. The van der Waals surface area contributed by atoms with Crippen LogP contribution in [0.5, 0.6) is 5.75 Å². The van der Waals surface area contributed by atoms with E-state index in [1.807, 2.05) is 22.9 Å². The summed E-state index contributed by atoms with van der Waals surface area (Å²) in [6.45, 7) is 0. The van der Waals surface area contributed by atoms with Crippen molar-refractivity contribution in [2.75, 3.05) is 7.11 Å². The fourth-order valence-corrected chi connectivity index (χ4v) is 5.47. The van der Waals surface area contributed by atoms with E-state index in [2.05, 4.69) is 4.98 Å². The summed E-state index contributed by atoms with van der Waals surface area (Å²) in [5.74, 6) is 2.09. The Morgan fingerprint density at radius 2 is 1.62 bits per heavy atom. The van der Waals surface area contributed by atoms with Crippen molar-refractivity contribution in [3.63, 3.8) is 0 Å². The predicted molar refractivity (Wildman–Crippen MR) is 147 cm³/mol. The van der Waals surface area contributed by atoms with Crippen LogP contribution in [0.3, 0.4) is 0 Å². The Morgan fingerprint density at radius 1 is 0.949 bits per heavy atom. The Hall–Kier alpha value is -3.87. The van der Waals surface area contributed by atoms with Crippen molar-refractivity contribution in [1.82, 2.24) is 14.5 Å². The van der Waals surface area contributed by atoms with E-state index in [9.17, 15) is 13.6 Å². The normalized spacial score (nSPS) is 17.2. The first-order valence-corrected chi connectivity index (χ1v) is 13.6. The minimum Gasteiger partial charge on any atom is -0.497 e. The van der Waals surface area contributed by atoms with Gasteiger partial charge in [-0.25, -0.2) is 13.8 Å². The number of methoxy groups -OCH3 is 1. The zero-order valence-electron chi connectivity index (χ0n) is 22.2. The lowest BCUT2D eigenvalue weighted by molar-refractivity contribution is -0.118. The van der Waals surface area contributed by atoms with Gasteiger partial charge in [0.2, 0.25) is 0 Å². The first-order chi connectivity index (χ1) is 19.0. The van der Waals surface area contributed by atoms with Gasteiger partial charge in [-0.1, -0.05) is 12.8 Å². The van der Waals surface area contributed by atoms with Crippen molar-refractivity contribution >= 4 is 5.78 Å². The largest absolute Gasteiger partial charge is 0.497 e. The lowest BCUT2D eigenvalue weighted by Crippen LogP contribution is -2.18. The molecule has 0 N–H and O–H groups in total. The van der Waals surface area contributed by atoms with Crippen molar-refractivity contribution < 1.29 is 18.3 Å². The third-order valence-corrected chi connectivity index (χ3v) is 7.70. The smallest absolute Gasteiger partial charge is 0.140 e. The second kappa shape index (κ2) is 12.3. The molecule has 39 heavy (non-hydrogen) atoms. The van der Waals surface area contributed by atoms with Crippen LogP contribution in [0, 0.1) is 23.5 Å². The van der Waals surface area contributed by atoms with E-state index >= 15 is 0 Å². The number of carbonyl (C=O) groups excluding carboxylic acids is 1. The van der Waals surface area contributed by atoms with Crippen molar-refractivity contribution in [3.05, 3.63) is 96.2 Å².